The van der Waals surface area contributed by atoms with E-state index in [-0.39, 0.29) is 23.8 Å². The minimum Gasteiger partial charge on any atom is -0.465 e. The van der Waals surface area contributed by atoms with Gasteiger partial charge < -0.3 is 14.3 Å². The van der Waals surface area contributed by atoms with Gasteiger partial charge in [0.15, 0.2) is 0 Å². The van der Waals surface area contributed by atoms with Crippen LogP contribution in [-0.2, 0) is 19.8 Å². The maximum Gasteiger partial charge on any atom is 0.264 e. The van der Waals surface area contributed by atoms with Crippen LogP contribution in [-0.4, -0.2) is 48.7 Å². The third-order valence-corrected chi connectivity index (χ3v) is 7.40. The van der Waals surface area contributed by atoms with Crippen molar-refractivity contribution in [2.75, 3.05) is 18.8 Å². The number of furan rings is 1. The Morgan fingerprint density at radius 1 is 1.32 bits per heavy atom. The lowest BCUT2D eigenvalue weighted by Gasteiger charge is -2.42. The molecular weight excluding hydrogens is 396 g/mol. The number of allylic oxidation sites excluding steroid dienone is 1. The molecule has 7 nitrogen and oxygen atoms in total. The summed E-state index contributed by atoms with van der Waals surface area (Å²) in [6.45, 7) is 2.47. The molecule has 5 heterocycles. The van der Waals surface area contributed by atoms with E-state index in [1.165, 1.54) is 12.2 Å². The number of nitrogens with zero attached hydrogens (tertiary/aromatic N) is 2. The van der Waals surface area contributed by atoms with Gasteiger partial charge in [-0.2, -0.15) is 5.06 Å². The van der Waals surface area contributed by atoms with E-state index in [4.69, 9.17) is 19.0 Å². The molecule has 6 atom stereocenters. The molecule has 7 heteroatoms. The van der Waals surface area contributed by atoms with Crippen molar-refractivity contribution in [2.45, 2.75) is 37.0 Å². The Kier molecular flexibility index (Phi) is 4.06. The van der Waals surface area contributed by atoms with Gasteiger partial charge in [0.25, 0.3) is 5.91 Å². The van der Waals surface area contributed by atoms with Gasteiger partial charge in [-0.15, -0.1) is 0 Å². The van der Waals surface area contributed by atoms with Gasteiger partial charge in [0.05, 0.1) is 37.8 Å². The van der Waals surface area contributed by atoms with E-state index >= 15 is 0 Å². The highest BCUT2D eigenvalue weighted by molar-refractivity contribution is 6.09. The zero-order valence-corrected chi connectivity index (χ0v) is 17.4. The predicted octanol–water partition coefficient (Wildman–Crippen LogP) is 2.75. The molecule has 1 aliphatic carbocycles. The number of carbonyl (C=O) groups excluding carboxylic acids is 1. The minimum atomic E-state index is -1.01. The molecule has 1 aromatic heterocycles. The van der Waals surface area contributed by atoms with E-state index in [0.717, 1.165) is 22.6 Å². The lowest BCUT2D eigenvalue weighted by Crippen LogP contribution is -2.58. The third kappa shape index (κ3) is 2.39. The quantitative estimate of drug-likeness (QED) is 0.826. The van der Waals surface area contributed by atoms with Gasteiger partial charge in [0.1, 0.15) is 17.3 Å². The van der Waals surface area contributed by atoms with Crippen LogP contribution < -0.4 is 5.06 Å². The van der Waals surface area contributed by atoms with Gasteiger partial charge in [-0.05, 0) is 48.8 Å². The summed E-state index contributed by atoms with van der Waals surface area (Å²) in [5.41, 5.74) is 2.42. The van der Waals surface area contributed by atoms with Crippen molar-refractivity contribution in [1.29, 1.82) is 0 Å². The molecule has 160 valence electrons. The molecule has 1 spiro atoms. The van der Waals surface area contributed by atoms with Crippen molar-refractivity contribution >= 4 is 23.4 Å². The summed E-state index contributed by atoms with van der Waals surface area (Å²) in [6.07, 6.45) is 2.57. The molecule has 1 aromatic carbocycles. The highest BCUT2D eigenvalue weighted by Crippen LogP contribution is 2.57. The highest BCUT2D eigenvalue weighted by atomic mass is 16.7. The van der Waals surface area contributed by atoms with Crippen LogP contribution in [0.3, 0.4) is 0 Å². The summed E-state index contributed by atoms with van der Waals surface area (Å²) in [5.74, 6) is 0.429. The molecule has 1 amide bonds. The van der Waals surface area contributed by atoms with E-state index in [2.05, 4.69) is 0 Å². The van der Waals surface area contributed by atoms with Crippen LogP contribution in [0.5, 0.6) is 0 Å². The number of hydroxylamine groups is 1. The molecule has 2 saturated heterocycles. The van der Waals surface area contributed by atoms with Crippen molar-refractivity contribution in [3.63, 3.8) is 0 Å². The first-order chi connectivity index (χ1) is 15.1. The zero-order chi connectivity index (χ0) is 21.3. The fourth-order valence-electron chi connectivity index (χ4n) is 6.12. The number of aliphatic imine (C=N–C) groups is 1. The lowest BCUT2D eigenvalue weighted by molar-refractivity contribution is -0.152. The first-order valence-corrected chi connectivity index (χ1v) is 10.6. The summed E-state index contributed by atoms with van der Waals surface area (Å²) in [6, 6.07) is 11.2. The number of hydrogen-bond acceptors (Lipinski definition) is 6. The average Bonchev–Trinajstić information content (AvgIpc) is 3.42. The monoisotopic (exact) mass is 420 g/mol. The van der Waals surface area contributed by atoms with Crippen LogP contribution in [0.4, 0.5) is 5.69 Å². The molecule has 3 fully saturated rings. The fourth-order valence-corrected chi connectivity index (χ4v) is 6.12. The molecule has 2 aromatic rings. The van der Waals surface area contributed by atoms with Gasteiger partial charge in [-0.3, -0.25) is 14.6 Å². The van der Waals surface area contributed by atoms with Crippen molar-refractivity contribution in [2.24, 2.45) is 16.8 Å². The Hall–Kier alpha value is -2.74. The van der Waals surface area contributed by atoms with Crippen molar-refractivity contribution in [3.8, 4) is 0 Å². The van der Waals surface area contributed by atoms with Crippen LogP contribution >= 0.6 is 0 Å². The molecule has 1 N–H and O–H groups in total. The van der Waals surface area contributed by atoms with Crippen LogP contribution in [0.1, 0.15) is 24.7 Å². The standard InChI is InChI=1S/C24H24N2O5/c1-13(10-14-6-5-9-30-14)20-19-15-12-31-22(21(19)27)24(11-17(15)25-20)16-7-3-4-8-18(16)26(29-2)23(24)28/h3-10,15,17,19,21-22,27H,11-12H2,1-2H3/b13-10+/t15-,17+,19-,21+,22-,24+/m1/s1. The number of carbonyl (C=O) groups is 1. The topological polar surface area (TPSA) is 84.5 Å². The van der Waals surface area contributed by atoms with Gasteiger partial charge in [0.2, 0.25) is 0 Å². The van der Waals surface area contributed by atoms with Crippen molar-refractivity contribution in [3.05, 3.63) is 59.6 Å². The van der Waals surface area contributed by atoms with Crippen LogP contribution in [0.25, 0.3) is 6.08 Å². The number of rotatable bonds is 3. The van der Waals surface area contributed by atoms with E-state index in [0.29, 0.717) is 18.7 Å². The Balaban J connectivity index is 1.48. The van der Waals surface area contributed by atoms with E-state index < -0.39 is 17.6 Å². The zero-order valence-electron chi connectivity index (χ0n) is 17.4. The van der Waals surface area contributed by atoms with Crippen molar-refractivity contribution in [1.82, 2.24) is 0 Å². The number of aliphatic hydroxyl groups excluding tert-OH is 1. The number of ether oxygens (including phenoxy) is 1. The second kappa shape index (κ2) is 6.63. The maximum atomic E-state index is 13.7. The summed E-state index contributed by atoms with van der Waals surface area (Å²) in [7, 11) is 1.49. The van der Waals surface area contributed by atoms with Crippen LogP contribution in [0.2, 0.25) is 0 Å². The lowest BCUT2D eigenvalue weighted by atomic mass is 9.70. The molecular formula is C24H24N2O5. The Morgan fingerprint density at radius 3 is 2.94 bits per heavy atom. The normalized spacial score (nSPS) is 36.2. The largest absolute Gasteiger partial charge is 0.465 e. The number of anilines is 1. The molecule has 4 bridgehead atoms. The maximum absolute atomic E-state index is 13.7. The Morgan fingerprint density at radius 2 is 2.16 bits per heavy atom. The first kappa shape index (κ1) is 19.0. The summed E-state index contributed by atoms with van der Waals surface area (Å²) in [5, 5.41) is 12.9. The first-order valence-electron chi connectivity index (χ1n) is 10.6. The summed E-state index contributed by atoms with van der Waals surface area (Å²) < 4.78 is 11.7. The van der Waals surface area contributed by atoms with Gasteiger partial charge in [0, 0.05) is 17.5 Å². The second-order valence-corrected chi connectivity index (χ2v) is 8.83. The molecule has 4 aliphatic heterocycles. The average molecular weight is 420 g/mol. The Bertz CT molecular complexity index is 1110. The summed E-state index contributed by atoms with van der Waals surface area (Å²) >= 11 is 0. The number of aliphatic hydroxyl groups is 1. The number of amides is 1. The molecule has 0 unspecified atom stereocenters. The number of para-hydroxylation sites is 1. The number of fused-ring (bicyclic) bond motifs is 2. The SMILES string of the molecule is CON1C(=O)[C@@]2(C[C@@H]3N=C(/C(C)=C/c4ccco4)[C@@H]4[C@H](O)[C@H]2OC[C@@H]43)c2ccccc21. The number of hydrogen-bond donors (Lipinski definition) is 1. The Labute approximate surface area is 179 Å². The van der Waals surface area contributed by atoms with E-state index in [9.17, 15) is 9.90 Å². The second-order valence-electron chi connectivity index (χ2n) is 8.83. The fraction of sp³-hybridized carbons (Fsp3) is 0.417. The molecule has 7 rings (SSSR count). The van der Waals surface area contributed by atoms with Gasteiger partial charge in [-0.25, -0.2) is 0 Å². The summed E-state index contributed by atoms with van der Waals surface area (Å²) in [4.78, 5) is 24.2. The molecule has 1 saturated carbocycles. The molecule has 5 aliphatic rings. The van der Waals surface area contributed by atoms with Crippen LogP contribution in [0, 0.1) is 11.8 Å². The number of benzene rings is 1. The molecule has 31 heavy (non-hydrogen) atoms. The van der Waals surface area contributed by atoms with Gasteiger partial charge >= 0.3 is 0 Å². The molecule has 0 radical (unpaired) electrons. The van der Waals surface area contributed by atoms with Crippen LogP contribution in [0.15, 0.2) is 57.6 Å². The minimum absolute atomic E-state index is 0.0390. The highest BCUT2D eigenvalue weighted by Gasteiger charge is 2.67. The smallest absolute Gasteiger partial charge is 0.264 e. The van der Waals surface area contributed by atoms with Gasteiger partial charge in [-0.1, -0.05) is 18.2 Å². The van der Waals surface area contributed by atoms with E-state index in [1.54, 1.807) is 6.26 Å². The third-order valence-electron chi connectivity index (χ3n) is 7.40. The van der Waals surface area contributed by atoms with E-state index in [1.807, 2.05) is 49.4 Å². The predicted molar refractivity (Wildman–Crippen MR) is 114 cm³/mol. The van der Waals surface area contributed by atoms with Crippen molar-refractivity contribution < 1.29 is 23.9 Å².